The third-order valence-electron chi connectivity index (χ3n) is 4.40. The minimum absolute atomic E-state index is 0.116. The van der Waals surface area contributed by atoms with Crippen LogP contribution in [0.1, 0.15) is 42.5 Å². The molecule has 1 unspecified atom stereocenters. The van der Waals surface area contributed by atoms with E-state index in [-0.39, 0.29) is 19.0 Å². The molecule has 1 N–H and O–H groups in total. The summed E-state index contributed by atoms with van der Waals surface area (Å²) in [6.07, 6.45) is -0.785. The molecule has 10 heteroatoms. The molecule has 1 atom stereocenters. The summed E-state index contributed by atoms with van der Waals surface area (Å²) in [6.45, 7) is 6.22. The van der Waals surface area contributed by atoms with E-state index in [4.69, 9.17) is 9.57 Å². The summed E-state index contributed by atoms with van der Waals surface area (Å²) in [6, 6.07) is 0. The van der Waals surface area contributed by atoms with Gasteiger partial charge in [-0.3, -0.25) is 19.1 Å². The van der Waals surface area contributed by atoms with Crippen LogP contribution in [0.25, 0.3) is 0 Å². The number of fused-ring (bicyclic) bond motifs is 3. The summed E-state index contributed by atoms with van der Waals surface area (Å²) >= 11 is 0. The molecule has 3 amide bonds. The molecule has 0 fully saturated rings. The molecule has 3 rings (SSSR count). The van der Waals surface area contributed by atoms with Crippen LogP contribution in [0.4, 0.5) is 4.79 Å². The van der Waals surface area contributed by atoms with Crippen molar-refractivity contribution in [1.29, 1.82) is 0 Å². The number of carbonyl (C=O) groups is 3. The highest BCUT2D eigenvalue weighted by atomic mass is 16.7. The number of likely N-dealkylation sites (N-methyl/N-ethyl adjacent to an activating group) is 1. The first kappa shape index (κ1) is 19.2. The van der Waals surface area contributed by atoms with E-state index in [9.17, 15) is 14.4 Å². The van der Waals surface area contributed by atoms with E-state index >= 15 is 0 Å². The van der Waals surface area contributed by atoms with Crippen LogP contribution < -0.4 is 5.32 Å². The van der Waals surface area contributed by atoms with Crippen LogP contribution in [0.5, 0.6) is 0 Å². The summed E-state index contributed by atoms with van der Waals surface area (Å²) in [5, 5.41) is 8.07. The van der Waals surface area contributed by atoms with Gasteiger partial charge in [-0.15, -0.1) is 0 Å². The third-order valence-corrected chi connectivity index (χ3v) is 4.40. The molecule has 1 aromatic rings. The van der Waals surface area contributed by atoms with Crippen molar-refractivity contribution >= 4 is 17.9 Å². The van der Waals surface area contributed by atoms with Crippen LogP contribution in [0.3, 0.4) is 0 Å². The number of aromatic nitrogens is 2. The minimum Gasteiger partial charge on any atom is -0.444 e. The number of rotatable bonds is 1. The molecule has 3 heterocycles. The number of nitrogens with one attached hydrogen (secondary N) is 1. The van der Waals surface area contributed by atoms with Crippen LogP contribution in [0.15, 0.2) is 0 Å². The Labute approximate surface area is 157 Å². The molecule has 0 saturated carbocycles. The summed E-state index contributed by atoms with van der Waals surface area (Å²) in [5.41, 5.74) is 1.17. The van der Waals surface area contributed by atoms with Gasteiger partial charge in [0.05, 0.1) is 18.8 Å². The van der Waals surface area contributed by atoms with E-state index in [2.05, 4.69) is 10.4 Å². The Bertz CT molecular complexity index is 781. The van der Waals surface area contributed by atoms with Crippen molar-refractivity contribution in [3.8, 4) is 0 Å². The molecule has 1 aromatic heterocycles. The van der Waals surface area contributed by atoms with Crippen molar-refractivity contribution in [2.24, 2.45) is 0 Å². The Balaban J connectivity index is 1.91. The smallest absolute Gasteiger partial charge is 0.410 e. The molecule has 2 aliphatic rings. The van der Waals surface area contributed by atoms with Gasteiger partial charge in [0.25, 0.3) is 11.8 Å². The molecule has 0 aromatic carbocycles. The van der Waals surface area contributed by atoms with E-state index in [0.29, 0.717) is 24.2 Å². The molecular formula is C17H25N5O5. The van der Waals surface area contributed by atoms with Crippen LogP contribution in [0.2, 0.25) is 0 Å². The van der Waals surface area contributed by atoms with Crippen molar-refractivity contribution in [3.05, 3.63) is 17.0 Å². The van der Waals surface area contributed by atoms with Crippen LogP contribution in [0, 0.1) is 0 Å². The van der Waals surface area contributed by atoms with Gasteiger partial charge >= 0.3 is 6.09 Å². The number of hydrogen-bond donors (Lipinski definition) is 1. The first-order valence-electron chi connectivity index (χ1n) is 8.83. The molecule has 0 aliphatic carbocycles. The number of hydroxylamine groups is 2. The first-order valence-corrected chi connectivity index (χ1v) is 8.83. The van der Waals surface area contributed by atoms with Gasteiger partial charge in [0, 0.05) is 32.6 Å². The van der Waals surface area contributed by atoms with Gasteiger partial charge in [-0.05, 0) is 20.8 Å². The molecule has 2 aliphatic heterocycles. The zero-order valence-electron chi connectivity index (χ0n) is 16.2. The fraction of sp³-hybridized carbons (Fsp3) is 0.647. The van der Waals surface area contributed by atoms with E-state index in [1.807, 2.05) is 0 Å². The van der Waals surface area contributed by atoms with Gasteiger partial charge in [0.15, 0.2) is 6.10 Å². The molecule has 0 radical (unpaired) electrons. The highest BCUT2D eigenvalue weighted by Crippen LogP contribution is 2.27. The molecule has 148 valence electrons. The molecule has 0 spiro atoms. The van der Waals surface area contributed by atoms with Gasteiger partial charge in [-0.2, -0.15) is 5.10 Å². The average Bonchev–Trinajstić information content (AvgIpc) is 2.89. The lowest BCUT2D eigenvalue weighted by atomic mass is 10.1. The Hall–Kier alpha value is -2.62. The highest BCUT2D eigenvalue weighted by molar-refractivity contribution is 5.94. The fourth-order valence-electron chi connectivity index (χ4n) is 3.15. The van der Waals surface area contributed by atoms with E-state index in [1.54, 1.807) is 25.7 Å². The number of nitrogens with zero attached hydrogens (tertiary/aromatic N) is 4. The molecular weight excluding hydrogens is 354 g/mol. The third kappa shape index (κ3) is 3.75. The van der Waals surface area contributed by atoms with E-state index in [1.165, 1.54) is 18.8 Å². The average molecular weight is 379 g/mol. The second kappa shape index (κ2) is 6.84. The van der Waals surface area contributed by atoms with Gasteiger partial charge in [0.2, 0.25) is 0 Å². The summed E-state index contributed by atoms with van der Waals surface area (Å²) in [4.78, 5) is 44.2. The summed E-state index contributed by atoms with van der Waals surface area (Å²) in [5.74, 6) is -0.743. The molecule has 0 saturated heterocycles. The lowest BCUT2D eigenvalue weighted by Gasteiger charge is -2.30. The van der Waals surface area contributed by atoms with Crippen molar-refractivity contribution in [1.82, 2.24) is 25.1 Å². The predicted molar refractivity (Wildman–Crippen MR) is 93.6 cm³/mol. The maximum absolute atomic E-state index is 12.8. The second-order valence-electron chi connectivity index (χ2n) is 7.62. The predicted octanol–water partition coefficient (Wildman–Crippen LogP) is 0.308. The largest absolute Gasteiger partial charge is 0.444 e. The standard InChI is InChI=1S/C17H25N5O5/c1-17(2,3)26-16(25)21-7-6-11-10(8-21)13-15(24)20(5)27-12(14(23)18-4)9-22(13)19-11/h12H,6-9H2,1-5H3,(H,18,23). The first-order chi connectivity index (χ1) is 12.6. The SMILES string of the molecule is CNC(=O)C1Cn2nc3c(c2C(=O)N(C)O1)CN(C(=O)OC(C)(C)C)CC3. The Morgan fingerprint density at radius 2 is 2.04 bits per heavy atom. The van der Waals surface area contributed by atoms with Gasteiger partial charge in [-0.25, -0.2) is 9.86 Å². The lowest BCUT2D eigenvalue weighted by Crippen LogP contribution is -2.41. The quantitative estimate of drug-likeness (QED) is 0.753. The van der Waals surface area contributed by atoms with Crippen LogP contribution in [-0.2, 0) is 33.9 Å². The minimum atomic E-state index is -0.867. The number of carbonyl (C=O) groups excluding carboxylic acids is 3. The maximum Gasteiger partial charge on any atom is 0.410 e. The van der Waals surface area contributed by atoms with Crippen LogP contribution >= 0.6 is 0 Å². The maximum atomic E-state index is 12.8. The molecule has 27 heavy (non-hydrogen) atoms. The second-order valence-corrected chi connectivity index (χ2v) is 7.62. The fourth-order valence-corrected chi connectivity index (χ4v) is 3.15. The zero-order valence-corrected chi connectivity index (χ0v) is 16.2. The Kier molecular flexibility index (Phi) is 4.85. The number of amides is 3. The van der Waals surface area contributed by atoms with Gasteiger partial charge < -0.3 is 15.0 Å². The van der Waals surface area contributed by atoms with Gasteiger partial charge in [0.1, 0.15) is 11.3 Å². The van der Waals surface area contributed by atoms with Crippen molar-refractivity contribution in [3.63, 3.8) is 0 Å². The highest BCUT2D eigenvalue weighted by Gasteiger charge is 2.37. The normalized spacial score (nSPS) is 19.9. The lowest BCUT2D eigenvalue weighted by molar-refractivity contribution is -0.168. The van der Waals surface area contributed by atoms with Crippen molar-refractivity contribution in [2.45, 2.75) is 52.0 Å². The van der Waals surface area contributed by atoms with E-state index in [0.717, 1.165) is 10.8 Å². The summed E-state index contributed by atoms with van der Waals surface area (Å²) < 4.78 is 6.94. The van der Waals surface area contributed by atoms with Crippen molar-refractivity contribution < 1.29 is 24.0 Å². The monoisotopic (exact) mass is 379 g/mol. The Morgan fingerprint density at radius 3 is 2.67 bits per heavy atom. The molecule has 10 nitrogen and oxygen atoms in total. The zero-order chi connectivity index (χ0) is 19.9. The summed E-state index contributed by atoms with van der Waals surface area (Å²) in [7, 11) is 2.97. The Morgan fingerprint density at radius 1 is 1.33 bits per heavy atom. The molecule has 0 bridgehead atoms. The van der Waals surface area contributed by atoms with Crippen LogP contribution in [-0.4, -0.2) is 70.0 Å². The topological polar surface area (TPSA) is 106 Å². The number of ether oxygens (including phenoxy) is 1. The van der Waals surface area contributed by atoms with Gasteiger partial charge in [-0.1, -0.05) is 0 Å². The number of hydrogen-bond acceptors (Lipinski definition) is 6. The van der Waals surface area contributed by atoms with E-state index < -0.39 is 23.7 Å². The van der Waals surface area contributed by atoms with Crippen molar-refractivity contribution in [2.75, 3.05) is 20.6 Å².